The quantitative estimate of drug-likeness (QED) is 0.400. The van der Waals surface area contributed by atoms with E-state index in [-0.39, 0.29) is 6.03 Å². The number of likely N-dealkylation sites (tertiary alicyclic amines) is 1. The number of rotatable bonds is 8. The number of quaternary nitrogens is 1. The summed E-state index contributed by atoms with van der Waals surface area (Å²) in [6.45, 7) is 11.3. The summed E-state index contributed by atoms with van der Waals surface area (Å²) in [5.41, 5.74) is 3.97. The van der Waals surface area contributed by atoms with Crippen LogP contribution in [0.25, 0.3) is 10.9 Å². The molecule has 0 aliphatic carbocycles. The van der Waals surface area contributed by atoms with E-state index in [0.717, 1.165) is 85.8 Å². The molecular formula is C32H44N7O3+. The van der Waals surface area contributed by atoms with Crippen molar-refractivity contribution in [1.82, 2.24) is 19.8 Å². The van der Waals surface area contributed by atoms with E-state index in [2.05, 4.69) is 50.3 Å². The van der Waals surface area contributed by atoms with Gasteiger partial charge in [-0.1, -0.05) is 0 Å². The molecule has 224 valence electrons. The molecule has 3 fully saturated rings. The molecule has 2 N–H and O–H groups in total. The summed E-state index contributed by atoms with van der Waals surface area (Å²) in [6, 6.07) is 14.2. The standard InChI is InChI=1S/C32H43N7O3/c1-36-14-16-37(17-15-36)11-2-20-42-28-7-8-29-30(23-28)33-24-34-31(29)25-9-12-39(13-10-25)32(40)35-26-3-5-27(6-4-26)38-18-21-41-22-19-38/h3-8,23-25H,2,9-22H2,1H3,(H,35,40)/p+1. The fraction of sp³-hybridized carbons (Fsp3) is 0.531. The first kappa shape index (κ1) is 28.6. The highest BCUT2D eigenvalue weighted by Gasteiger charge is 2.26. The van der Waals surface area contributed by atoms with Gasteiger partial charge < -0.3 is 29.5 Å². The van der Waals surface area contributed by atoms with E-state index in [9.17, 15) is 4.79 Å². The molecule has 2 aromatic carbocycles. The Morgan fingerprint density at radius 2 is 1.76 bits per heavy atom. The molecule has 0 radical (unpaired) electrons. The van der Waals surface area contributed by atoms with Crippen LogP contribution in [-0.4, -0.2) is 112 Å². The Hall–Kier alpha value is -3.47. The molecule has 10 heteroatoms. The number of urea groups is 1. The zero-order valence-electron chi connectivity index (χ0n) is 24.8. The number of carbonyl (C=O) groups excluding carboxylic acids is 1. The normalized spacial score (nSPS) is 19.3. The lowest BCUT2D eigenvalue weighted by molar-refractivity contribution is -0.884. The maximum atomic E-state index is 13.0. The molecule has 0 unspecified atom stereocenters. The number of aromatic nitrogens is 2. The van der Waals surface area contributed by atoms with Crippen LogP contribution in [0.15, 0.2) is 48.8 Å². The molecule has 3 aliphatic heterocycles. The second-order valence-electron chi connectivity index (χ2n) is 11.8. The first-order chi connectivity index (χ1) is 20.6. The molecule has 3 aromatic rings. The minimum absolute atomic E-state index is 0.0457. The van der Waals surface area contributed by atoms with Crippen LogP contribution in [0.5, 0.6) is 5.75 Å². The number of nitrogens with one attached hydrogen (secondary N) is 2. The molecule has 0 bridgehead atoms. The Labute approximate surface area is 248 Å². The van der Waals surface area contributed by atoms with Gasteiger partial charge in [-0.2, -0.15) is 0 Å². The van der Waals surface area contributed by atoms with Gasteiger partial charge in [-0.15, -0.1) is 0 Å². The highest BCUT2D eigenvalue weighted by molar-refractivity contribution is 5.89. The maximum absolute atomic E-state index is 13.0. The number of anilines is 2. The summed E-state index contributed by atoms with van der Waals surface area (Å²) in [6.07, 6.45) is 4.44. The van der Waals surface area contributed by atoms with Crippen LogP contribution in [-0.2, 0) is 4.74 Å². The van der Waals surface area contributed by atoms with Gasteiger partial charge >= 0.3 is 6.03 Å². The van der Waals surface area contributed by atoms with Crippen LogP contribution >= 0.6 is 0 Å². The van der Waals surface area contributed by atoms with Crippen molar-refractivity contribution in [3.8, 4) is 5.75 Å². The van der Waals surface area contributed by atoms with Gasteiger partial charge in [-0.05, 0) is 55.7 Å². The van der Waals surface area contributed by atoms with Crippen LogP contribution in [0.2, 0.25) is 0 Å². The van der Waals surface area contributed by atoms with Crippen molar-refractivity contribution < 1.29 is 19.2 Å². The molecule has 0 atom stereocenters. The zero-order chi connectivity index (χ0) is 28.7. The zero-order valence-corrected chi connectivity index (χ0v) is 24.8. The lowest BCUT2D eigenvalue weighted by atomic mass is 9.91. The molecule has 10 nitrogen and oxygen atoms in total. The molecular weight excluding hydrogens is 530 g/mol. The Balaban J connectivity index is 0.984. The van der Waals surface area contributed by atoms with E-state index in [1.807, 2.05) is 29.2 Å². The molecule has 1 aromatic heterocycles. The summed E-state index contributed by atoms with van der Waals surface area (Å²) in [7, 11) is 2.27. The van der Waals surface area contributed by atoms with Gasteiger partial charge in [0, 0.05) is 74.6 Å². The van der Waals surface area contributed by atoms with Crippen LogP contribution < -0.4 is 19.9 Å². The lowest BCUT2D eigenvalue weighted by Crippen LogP contribution is -3.11. The number of morpholine rings is 1. The smallest absolute Gasteiger partial charge is 0.321 e. The van der Waals surface area contributed by atoms with Gasteiger partial charge in [-0.25, -0.2) is 14.8 Å². The summed E-state index contributed by atoms with van der Waals surface area (Å²) in [4.78, 5) is 30.6. The Morgan fingerprint density at radius 3 is 2.52 bits per heavy atom. The van der Waals surface area contributed by atoms with Crippen molar-refractivity contribution in [2.24, 2.45) is 0 Å². The number of hydrogen-bond donors (Lipinski definition) is 2. The van der Waals surface area contributed by atoms with Gasteiger partial charge in [0.25, 0.3) is 0 Å². The van der Waals surface area contributed by atoms with E-state index < -0.39 is 0 Å². The molecule has 4 heterocycles. The number of fused-ring (bicyclic) bond motifs is 1. The number of piperazine rings is 1. The Kier molecular flexibility index (Phi) is 9.32. The minimum Gasteiger partial charge on any atom is -0.493 e. The lowest BCUT2D eigenvalue weighted by Gasteiger charge is -2.32. The first-order valence-electron chi connectivity index (χ1n) is 15.5. The molecule has 2 amide bonds. The third-order valence-electron chi connectivity index (χ3n) is 8.90. The second-order valence-corrected chi connectivity index (χ2v) is 11.8. The highest BCUT2D eigenvalue weighted by atomic mass is 16.5. The average Bonchev–Trinajstić information content (AvgIpc) is 3.04. The second kappa shape index (κ2) is 13.7. The fourth-order valence-electron chi connectivity index (χ4n) is 6.24. The van der Waals surface area contributed by atoms with E-state index in [1.165, 1.54) is 26.2 Å². The van der Waals surface area contributed by atoms with Crippen LogP contribution in [0.4, 0.5) is 16.2 Å². The monoisotopic (exact) mass is 574 g/mol. The van der Waals surface area contributed by atoms with E-state index in [0.29, 0.717) is 25.6 Å². The van der Waals surface area contributed by atoms with Gasteiger partial charge in [0.2, 0.25) is 0 Å². The average molecular weight is 575 g/mol. The SMILES string of the molecule is C[NH+]1CCN(CCCOc2ccc3c(C4CCN(C(=O)Nc5ccc(N6CCOCC6)cc5)CC4)ncnc3c2)CC1. The van der Waals surface area contributed by atoms with Crippen molar-refractivity contribution in [2.45, 2.75) is 25.2 Å². The van der Waals surface area contributed by atoms with Crippen LogP contribution in [0.3, 0.4) is 0 Å². The van der Waals surface area contributed by atoms with Crippen molar-refractivity contribution in [3.63, 3.8) is 0 Å². The van der Waals surface area contributed by atoms with Crippen molar-refractivity contribution in [2.75, 3.05) is 96.0 Å². The summed E-state index contributed by atoms with van der Waals surface area (Å²) < 4.78 is 11.5. The Morgan fingerprint density at radius 1 is 1.00 bits per heavy atom. The fourth-order valence-corrected chi connectivity index (χ4v) is 6.24. The van der Waals surface area contributed by atoms with E-state index in [1.54, 1.807) is 11.2 Å². The van der Waals surface area contributed by atoms with E-state index >= 15 is 0 Å². The number of amides is 2. The maximum Gasteiger partial charge on any atom is 0.321 e. The number of carbonyl (C=O) groups is 1. The third kappa shape index (κ3) is 7.11. The molecule has 0 saturated carbocycles. The van der Waals surface area contributed by atoms with Gasteiger partial charge in [0.1, 0.15) is 12.1 Å². The molecule has 0 spiro atoms. The summed E-state index contributed by atoms with van der Waals surface area (Å²) in [5.74, 6) is 1.16. The number of ether oxygens (including phenoxy) is 2. The predicted molar refractivity (Wildman–Crippen MR) is 165 cm³/mol. The topological polar surface area (TPSA) is 87.5 Å². The first-order valence-corrected chi connectivity index (χ1v) is 15.5. The third-order valence-corrected chi connectivity index (χ3v) is 8.90. The largest absolute Gasteiger partial charge is 0.493 e. The number of nitrogens with zero attached hydrogens (tertiary/aromatic N) is 5. The predicted octanol–water partition coefficient (Wildman–Crippen LogP) is 2.48. The molecule has 3 saturated heterocycles. The van der Waals surface area contributed by atoms with Crippen LogP contribution in [0.1, 0.15) is 30.9 Å². The number of likely N-dealkylation sites (N-methyl/N-ethyl adjacent to an activating group) is 1. The molecule has 42 heavy (non-hydrogen) atoms. The van der Waals surface area contributed by atoms with Crippen molar-refractivity contribution in [1.29, 1.82) is 0 Å². The van der Waals surface area contributed by atoms with Gasteiger partial charge in [0.15, 0.2) is 0 Å². The van der Waals surface area contributed by atoms with Crippen LogP contribution in [0, 0.1) is 0 Å². The molecule has 6 rings (SSSR count). The summed E-state index contributed by atoms with van der Waals surface area (Å²) >= 11 is 0. The van der Waals surface area contributed by atoms with Crippen molar-refractivity contribution in [3.05, 3.63) is 54.5 Å². The van der Waals surface area contributed by atoms with Gasteiger partial charge in [-0.3, -0.25) is 4.90 Å². The Bertz CT molecular complexity index is 1320. The highest BCUT2D eigenvalue weighted by Crippen LogP contribution is 2.32. The minimum atomic E-state index is -0.0457. The number of benzene rings is 2. The molecule has 3 aliphatic rings. The number of hydrogen-bond acceptors (Lipinski definition) is 7. The number of piperidine rings is 1. The van der Waals surface area contributed by atoms with Gasteiger partial charge in [0.05, 0.1) is 51.2 Å². The van der Waals surface area contributed by atoms with Crippen molar-refractivity contribution >= 4 is 28.3 Å². The van der Waals surface area contributed by atoms with E-state index in [4.69, 9.17) is 9.47 Å². The summed E-state index contributed by atoms with van der Waals surface area (Å²) in [5, 5.41) is 4.15.